The zero-order chi connectivity index (χ0) is 18.1. The van der Waals surface area contributed by atoms with E-state index in [1.807, 2.05) is 45.0 Å². The number of carbonyl (C=O) groups is 2. The Morgan fingerprint density at radius 3 is 2.60 bits per heavy atom. The summed E-state index contributed by atoms with van der Waals surface area (Å²) in [4.78, 5) is 28.1. The van der Waals surface area contributed by atoms with Crippen LogP contribution >= 0.6 is 11.6 Å². The van der Waals surface area contributed by atoms with E-state index in [1.54, 1.807) is 0 Å². The van der Waals surface area contributed by atoms with E-state index in [0.29, 0.717) is 41.3 Å². The van der Waals surface area contributed by atoms with E-state index in [2.05, 4.69) is 4.98 Å². The lowest BCUT2D eigenvalue weighted by Crippen LogP contribution is -2.18. The Balaban J connectivity index is 1.86. The molecule has 1 N–H and O–H groups in total. The van der Waals surface area contributed by atoms with Crippen molar-refractivity contribution in [3.63, 3.8) is 0 Å². The molecule has 0 amide bonds. The predicted molar refractivity (Wildman–Crippen MR) is 97.5 cm³/mol. The molecule has 0 radical (unpaired) electrons. The van der Waals surface area contributed by atoms with E-state index in [0.717, 1.165) is 11.3 Å². The Morgan fingerprint density at radius 2 is 1.96 bits per heavy atom. The van der Waals surface area contributed by atoms with Gasteiger partial charge in [0.05, 0.1) is 6.61 Å². The van der Waals surface area contributed by atoms with E-state index in [4.69, 9.17) is 16.3 Å². The maximum atomic E-state index is 12.7. The summed E-state index contributed by atoms with van der Waals surface area (Å²) in [5.74, 6) is 0.0360. The highest BCUT2D eigenvalue weighted by Gasteiger charge is 2.32. The van der Waals surface area contributed by atoms with Crippen LogP contribution in [0.3, 0.4) is 0 Å². The molecule has 1 aromatic heterocycles. The molecule has 2 aromatic rings. The van der Waals surface area contributed by atoms with Crippen LogP contribution in [0.2, 0.25) is 5.02 Å². The number of esters is 1. The third kappa shape index (κ3) is 3.64. The first-order chi connectivity index (χ1) is 11.9. The van der Waals surface area contributed by atoms with Gasteiger partial charge in [0.15, 0.2) is 5.78 Å². The first-order valence-electron chi connectivity index (χ1n) is 8.54. The zero-order valence-electron chi connectivity index (χ0n) is 14.7. The van der Waals surface area contributed by atoms with Crippen LogP contribution in [0.4, 0.5) is 0 Å². The second-order valence-electron chi connectivity index (χ2n) is 7.05. The highest BCUT2D eigenvalue weighted by atomic mass is 35.5. The van der Waals surface area contributed by atoms with E-state index in [1.165, 1.54) is 0 Å². The van der Waals surface area contributed by atoms with Crippen LogP contribution in [0.25, 0.3) is 0 Å². The lowest BCUT2D eigenvalue weighted by atomic mass is 9.81. The van der Waals surface area contributed by atoms with Gasteiger partial charge in [-0.2, -0.15) is 0 Å². The molecule has 132 valence electrons. The van der Waals surface area contributed by atoms with Crippen molar-refractivity contribution in [1.82, 2.24) is 4.98 Å². The number of ketones is 1. The van der Waals surface area contributed by atoms with Crippen molar-refractivity contribution in [2.24, 2.45) is 5.92 Å². The van der Waals surface area contributed by atoms with Crippen molar-refractivity contribution in [2.75, 3.05) is 6.61 Å². The molecule has 5 heteroatoms. The van der Waals surface area contributed by atoms with Gasteiger partial charge >= 0.3 is 5.97 Å². The largest absolute Gasteiger partial charge is 0.461 e. The molecule has 0 fully saturated rings. The van der Waals surface area contributed by atoms with Crippen molar-refractivity contribution in [3.05, 3.63) is 57.4 Å². The van der Waals surface area contributed by atoms with E-state index in [9.17, 15) is 9.59 Å². The van der Waals surface area contributed by atoms with Crippen LogP contribution in [0, 0.1) is 12.8 Å². The Kier molecular flexibility index (Phi) is 5.00. The van der Waals surface area contributed by atoms with Gasteiger partial charge in [0, 0.05) is 22.7 Å². The number of aromatic nitrogens is 1. The molecule has 0 spiro atoms. The van der Waals surface area contributed by atoms with E-state index >= 15 is 0 Å². The summed E-state index contributed by atoms with van der Waals surface area (Å²) >= 11 is 5.95. The summed E-state index contributed by atoms with van der Waals surface area (Å²) in [5.41, 5.74) is 3.66. The van der Waals surface area contributed by atoms with Gasteiger partial charge in [0.25, 0.3) is 0 Å². The number of aromatic amines is 1. The van der Waals surface area contributed by atoms with Crippen LogP contribution in [0.1, 0.15) is 63.9 Å². The van der Waals surface area contributed by atoms with Gasteiger partial charge in [0.1, 0.15) is 5.69 Å². The summed E-state index contributed by atoms with van der Waals surface area (Å²) in [6, 6.07) is 7.59. The molecule has 0 aliphatic heterocycles. The van der Waals surface area contributed by atoms with Crippen LogP contribution in [0.15, 0.2) is 24.3 Å². The first-order valence-corrected chi connectivity index (χ1v) is 8.91. The van der Waals surface area contributed by atoms with E-state index in [-0.39, 0.29) is 17.6 Å². The highest BCUT2D eigenvalue weighted by Crippen LogP contribution is 2.35. The number of rotatable bonds is 4. The second-order valence-corrected chi connectivity index (χ2v) is 7.49. The van der Waals surface area contributed by atoms with Crippen molar-refractivity contribution >= 4 is 23.4 Å². The summed E-state index contributed by atoms with van der Waals surface area (Å²) in [5, 5.41) is 0.678. The van der Waals surface area contributed by atoms with Crippen molar-refractivity contribution in [2.45, 2.75) is 39.5 Å². The number of halogens is 1. The minimum Gasteiger partial charge on any atom is -0.461 e. The number of ether oxygens (including phenoxy) is 1. The van der Waals surface area contributed by atoms with Crippen LogP contribution < -0.4 is 0 Å². The fourth-order valence-corrected chi connectivity index (χ4v) is 3.45. The Morgan fingerprint density at radius 1 is 1.28 bits per heavy atom. The quantitative estimate of drug-likeness (QED) is 0.805. The number of nitrogens with one attached hydrogen (secondary N) is 1. The van der Waals surface area contributed by atoms with Gasteiger partial charge in [-0.25, -0.2) is 4.79 Å². The maximum Gasteiger partial charge on any atom is 0.355 e. The van der Waals surface area contributed by atoms with Gasteiger partial charge in [-0.1, -0.05) is 37.6 Å². The molecule has 1 heterocycles. The van der Waals surface area contributed by atoms with Gasteiger partial charge in [-0.15, -0.1) is 0 Å². The zero-order valence-corrected chi connectivity index (χ0v) is 15.4. The van der Waals surface area contributed by atoms with Gasteiger partial charge in [-0.3, -0.25) is 4.79 Å². The molecule has 25 heavy (non-hydrogen) atoms. The first kappa shape index (κ1) is 17.7. The topological polar surface area (TPSA) is 59.2 Å². The number of hydrogen-bond acceptors (Lipinski definition) is 3. The summed E-state index contributed by atoms with van der Waals surface area (Å²) in [6.45, 7) is 6.14. The molecule has 1 aliphatic carbocycles. The number of fused-ring (bicyclic) bond motifs is 1. The standard InChI is InChI=1S/C20H22ClNO3/c1-11(2)10-25-20(24)19-12(3)18-16(22-19)8-14(9-17(18)23)13-4-6-15(21)7-5-13/h4-7,11,14,22H,8-10H2,1-3H3/t14-/m1/s1. The van der Waals surface area contributed by atoms with Gasteiger partial charge < -0.3 is 9.72 Å². The molecular formula is C20H22ClNO3. The molecule has 1 atom stereocenters. The van der Waals surface area contributed by atoms with Crippen molar-refractivity contribution in [3.8, 4) is 0 Å². The Labute approximate surface area is 152 Å². The molecule has 0 unspecified atom stereocenters. The van der Waals surface area contributed by atoms with E-state index < -0.39 is 5.97 Å². The molecule has 0 bridgehead atoms. The molecule has 0 saturated heterocycles. The third-order valence-electron chi connectivity index (χ3n) is 4.58. The molecular weight excluding hydrogens is 338 g/mol. The Hall–Kier alpha value is -2.07. The normalized spacial score (nSPS) is 16.8. The fourth-order valence-electron chi connectivity index (χ4n) is 3.32. The van der Waals surface area contributed by atoms with Gasteiger partial charge in [0.2, 0.25) is 0 Å². The minimum atomic E-state index is -0.392. The van der Waals surface area contributed by atoms with Crippen LogP contribution in [-0.2, 0) is 11.2 Å². The second kappa shape index (κ2) is 7.04. The number of hydrogen-bond donors (Lipinski definition) is 1. The molecule has 1 aromatic carbocycles. The van der Waals surface area contributed by atoms with Crippen molar-refractivity contribution in [1.29, 1.82) is 0 Å². The predicted octanol–water partition coefficient (Wildman–Crippen LogP) is 4.70. The molecule has 0 saturated carbocycles. The smallest absolute Gasteiger partial charge is 0.355 e. The average molecular weight is 360 g/mol. The Bertz CT molecular complexity index is 805. The lowest BCUT2D eigenvalue weighted by molar-refractivity contribution is 0.0451. The molecule has 3 rings (SSSR count). The SMILES string of the molecule is Cc1c(C(=O)OCC(C)C)[nH]c2c1C(=O)C[C@H](c1ccc(Cl)cc1)C2. The summed E-state index contributed by atoms with van der Waals surface area (Å²) in [6.07, 6.45) is 1.13. The molecule has 4 nitrogen and oxygen atoms in total. The summed E-state index contributed by atoms with van der Waals surface area (Å²) in [7, 11) is 0. The summed E-state index contributed by atoms with van der Waals surface area (Å²) < 4.78 is 5.31. The van der Waals surface area contributed by atoms with Crippen molar-refractivity contribution < 1.29 is 14.3 Å². The number of benzene rings is 1. The van der Waals surface area contributed by atoms with Gasteiger partial charge in [-0.05, 0) is 48.4 Å². The molecule has 1 aliphatic rings. The van der Waals surface area contributed by atoms with Crippen LogP contribution in [0.5, 0.6) is 0 Å². The monoisotopic (exact) mass is 359 g/mol. The maximum absolute atomic E-state index is 12.7. The number of H-pyrrole nitrogens is 1. The minimum absolute atomic E-state index is 0.0675. The highest BCUT2D eigenvalue weighted by molar-refractivity contribution is 6.30. The lowest BCUT2D eigenvalue weighted by Gasteiger charge is -2.22. The number of carbonyl (C=O) groups excluding carboxylic acids is 2. The fraction of sp³-hybridized carbons (Fsp3) is 0.400. The average Bonchev–Trinajstić information content (AvgIpc) is 2.90. The van der Waals surface area contributed by atoms with Crippen LogP contribution in [-0.4, -0.2) is 23.3 Å². The third-order valence-corrected chi connectivity index (χ3v) is 4.83. The number of Topliss-reactive ketones (excluding diaryl/α,β-unsaturated/α-hetero) is 1.